The molecule has 0 aromatic heterocycles. The van der Waals surface area contributed by atoms with Crippen LogP contribution in [0.1, 0.15) is 32.3 Å². The average Bonchev–Trinajstić information content (AvgIpc) is 2.93. The molecule has 0 saturated heterocycles. The maximum Gasteiger partial charge on any atom is 0.123 e. The Morgan fingerprint density at radius 2 is 2.06 bits per heavy atom. The molecular weight excluding hydrogens is 213 g/mol. The summed E-state index contributed by atoms with van der Waals surface area (Å²) in [5, 5.41) is 3.49. The van der Waals surface area contributed by atoms with Crippen LogP contribution in [0.25, 0.3) is 0 Å². The van der Waals surface area contributed by atoms with E-state index in [-0.39, 0.29) is 5.82 Å². The van der Waals surface area contributed by atoms with Crippen molar-refractivity contribution in [1.82, 2.24) is 5.32 Å². The van der Waals surface area contributed by atoms with Gasteiger partial charge in [-0.3, -0.25) is 0 Å². The van der Waals surface area contributed by atoms with Gasteiger partial charge in [0.05, 0.1) is 0 Å². The molecule has 0 bridgehead atoms. The minimum Gasteiger partial charge on any atom is -0.316 e. The molecule has 0 amide bonds. The van der Waals surface area contributed by atoms with Gasteiger partial charge in [-0.25, -0.2) is 4.39 Å². The minimum absolute atomic E-state index is 0.143. The van der Waals surface area contributed by atoms with Gasteiger partial charge in [0, 0.05) is 0 Å². The van der Waals surface area contributed by atoms with E-state index in [1.807, 2.05) is 12.1 Å². The summed E-state index contributed by atoms with van der Waals surface area (Å²) in [6.45, 7) is 6.78. The van der Waals surface area contributed by atoms with E-state index in [9.17, 15) is 4.39 Å². The Morgan fingerprint density at radius 1 is 1.35 bits per heavy atom. The first-order valence-electron chi connectivity index (χ1n) is 6.59. The molecule has 0 spiro atoms. The lowest BCUT2D eigenvalue weighted by Crippen LogP contribution is -2.20. The molecule has 1 aliphatic carbocycles. The summed E-state index contributed by atoms with van der Waals surface area (Å²) in [5.74, 6) is 0.648. The summed E-state index contributed by atoms with van der Waals surface area (Å²) in [4.78, 5) is 0. The van der Waals surface area contributed by atoms with Gasteiger partial charge >= 0.3 is 0 Å². The first-order valence-corrected chi connectivity index (χ1v) is 6.59. The van der Waals surface area contributed by atoms with Crippen LogP contribution < -0.4 is 5.32 Å². The molecule has 0 radical (unpaired) electrons. The fraction of sp³-hybridized carbons (Fsp3) is 0.600. The number of nitrogens with one attached hydrogen (secondary N) is 1. The maximum absolute atomic E-state index is 12.8. The predicted octanol–water partition coefficient (Wildman–Crippen LogP) is 3.39. The lowest BCUT2D eigenvalue weighted by molar-refractivity contribution is 0.476. The Balaban J connectivity index is 1.82. The molecule has 1 aromatic rings. The molecule has 17 heavy (non-hydrogen) atoms. The van der Waals surface area contributed by atoms with E-state index in [4.69, 9.17) is 0 Å². The molecule has 1 saturated carbocycles. The van der Waals surface area contributed by atoms with Crippen LogP contribution in [0.2, 0.25) is 0 Å². The maximum atomic E-state index is 12.8. The quantitative estimate of drug-likeness (QED) is 0.745. The standard InChI is InChI=1S/C15H22FN/c1-3-8-17-11-13-10-15(13,2)9-12-4-6-14(16)7-5-12/h4-7,13,17H,3,8-11H2,1-2H3. The van der Waals surface area contributed by atoms with E-state index in [0.717, 1.165) is 25.4 Å². The third kappa shape index (κ3) is 3.29. The zero-order chi connectivity index (χ0) is 12.3. The Morgan fingerprint density at radius 3 is 2.71 bits per heavy atom. The molecule has 1 fully saturated rings. The molecule has 0 aliphatic heterocycles. The fourth-order valence-corrected chi connectivity index (χ4v) is 2.56. The largest absolute Gasteiger partial charge is 0.316 e. The van der Waals surface area contributed by atoms with Crippen LogP contribution in [-0.4, -0.2) is 13.1 Å². The number of benzene rings is 1. The van der Waals surface area contributed by atoms with Gasteiger partial charge in [0.25, 0.3) is 0 Å². The van der Waals surface area contributed by atoms with Crippen LogP contribution in [0, 0.1) is 17.2 Å². The molecule has 2 unspecified atom stereocenters. The van der Waals surface area contributed by atoms with E-state index < -0.39 is 0 Å². The van der Waals surface area contributed by atoms with Crippen molar-refractivity contribution in [2.24, 2.45) is 11.3 Å². The molecule has 1 aromatic carbocycles. The number of hydrogen-bond donors (Lipinski definition) is 1. The van der Waals surface area contributed by atoms with Crippen molar-refractivity contribution >= 4 is 0 Å². The predicted molar refractivity (Wildman–Crippen MR) is 69.5 cm³/mol. The number of hydrogen-bond acceptors (Lipinski definition) is 1. The fourth-order valence-electron chi connectivity index (χ4n) is 2.56. The highest BCUT2D eigenvalue weighted by Crippen LogP contribution is 2.53. The average molecular weight is 235 g/mol. The van der Waals surface area contributed by atoms with Crippen molar-refractivity contribution in [3.05, 3.63) is 35.6 Å². The summed E-state index contributed by atoms with van der Waals surface area (Å²) in [6, 6.07) is 6.95. The summed E-state index contributed by atoms with van der Waals surface area (Å²) >= 11 is 0. The molecule has 0 heterocycles. The van der Waals surface area contributed by atoms with Gasteiger partial charge in [-0.1, -0.05) is 26.0 Å². The molecule has 94 valence electrons. The Hall–Kier alpha value is -0.890. The third-order valence-electron chi connectivity index (χ3n) is 3.88. The van der Waals surface area contributed by atoms with Gasteiger partial charge in [-0.15, -0.1) is 0 Å². The highest BCUT2D eigenvalue weighted by atomic mass is 19.1. The first kappa shape index (κ1) is 12.6. The summed E-state index contributed by atoms with van der Waals surface area (Å²) in [5.41, 5.74) is 1.69. The van der Waals surface area contributed by atoms with E-state index in [1.54, 1.807) is 12.1 Å². The van der Waals surface area contributed by atoms with Crippen LogP contribution in [0.5, 0.6) is 0 Å². The van der Waals surface area contributed by atoms with Gasteiger partial charge in [-0.05, 0) is 61.4 Å². The van der Waals surface area contributed by atoms with Gasteiger partial charge in [0.15, 0.2) is 0 Å². The van der Waals surface area contributed by atoms with Crippen molar-refractivity contribution in [1.29, 1.82) is 0 Å². The Bertz CT molecular complexity index is 360. The van der Waals surface area contributed by atoms with Gasteiger partial charge in [0.1, 0.15) is 5.82 Å². The number of rotatable bonds is 6. The minimum atomic E-state index is -0.143. The Labute approximate surface area is 103 Å². The van der Waals surface area contributed by atoms with Gasteiger partial charge in [0.2, 0.25) is 0 Å². The Kier molecular flexibility index (Phi) is 3.82. The summed E-state index contributed by atoms with van der Waals surface area (Å²) in [6.07, 6.45) is 3.56. The monoisotopic (exact) mass is 235 g/mol. The van der Waals surface area contributed by atoms with Crippen LogP contribution in [0.3, 0.4) is 0 Å². The van der Waals surface area contributed by atoms with Crippen LogP contribution in [0.15, 0.2) is 24.3 Å². The normalized spacial score (nSPS) is 27.1. The SMILES string of the molecule is CCCNCC1CC1(C)Cc1ccc(F)cc1. The second-order valence-corrected chi connectivity index (χ2v) is 5.56. The van der Waals surface area contributed by atoms with Crippen LogP contribution in [0.4, 0.5) is 4.39 Å². The smallest absolute Gasteiger partial charge is 0.123 e. The molecular formula is C15H22FN. The molecule has 1 nitrogen and oxygen atoms in total. The molecule has 2 atom stereocenters. The molecule has 1 aliphatic rings. The van der Waals surface area contributed by atoms with Crippen molar-refractivity contribution in [3.8, 4) is 0 Å². The van der Waals surface area contributed by atoms with E-state index >= 15 is 0 Å². The highest BCUT2D eigenvalue weighted by molar-refractivity contribution is 5.20. The molecule has 2 heteroatoms. The lowest BCUT2D eigenvalue weighted by Gasteiger charge is -2.12. The van der Waals surface area contributed by atoms with Gasteiger partial charge < -0.3 is 5.32 Å². The van der Waals surface area contributed by atoms with Crippen molar-refractivity contribution in [3.63, 3.8) is 0 Å². The van der Waals surface area contributed by atoms with Gasteiger partial charge in [-0.2, -0.15) is 0 Å². The van der Waals surface area contributed by atoms with Crippen molar-refractivity contribution in [2.75, 3.05) is 13.1 Å². The van der Waals surface area contributed by atoms with E-state index in [0.29, 0.717) is 5.41 Å². The van der Waals surface area contributed by atoms with Crippen molar-refractivity contribution < 1.29 is 4.39 Å². The molecule has 1 N–H and O–H groups in total. The third-order valence-corrected chi connectivity index (χ3v) is 3.88. The molecule has 2 rings (SSSR count). The van der Waals surface area contributed by atoms with E-state index in [2.05, 4.69) is 19.2 Å². The van der Waals surface area contributed by atoms with Crippen LogP contribution >= 0.6 is 0 Å². The highest BCUT2D eigenvalue weighted by Gasteiger charge is 2.48. The van der Waals surface area contributed by atoms with Crippen LogP contribution in [-0.2, 0) is 6.42 Å². The zero-order valence-electron chi connectivity index (χ0n) is 10.8. The second-order valence-electron chi connectivity index (χ2n) is 5.56. The topological polar surface area (TPSA) is 12.0 Å². The summed E-state index contributed by atoms with van der Waals surface area (Å²) < 4.78 is 12.8. The lowest BCUT2D eigenvalue weighted by atomic mass is 9.96. The number of halogens is 1. The second kappa shape index (κ2) is 5.18. The first-order chi connectivity index (χ1) is 8.14. The summed E-state index contributed by atoms with van der Waals surface area (Å²) in [7, 11) is 0. The van der Waals surface area contributed by atoms with Crippen molar-refractivity contribution in [2.45, 2.75) is 33.1 Å². The zero-order valence-corrected chi connectivity index (χ0v) is 10.8. The van der Waals surface area contributed by atoms with E-state index in [1.165, 1.54) is 18.4 Å².